The van der Waals surface area contributed by atoms with Crippen LogP contribution in [0.2, 0.25) is 0 Å². The second kappa shape index (κ2) is 5.64. The van der Waals surface area contributed by atoms with Crippen LogP contribution in [-0.2, 0) is 9.53 Å². The topological polar surface area (TPSA) is 50.4 Å². The molecule has 4 nitrogen and oxygen atoms in total. The zero-order valence-corrected chi connectivity index (χ0v) is 10.8. The van der Waals surface area contributed by atoms with Gasteiger partial charge >= 0.3 is 0 Å². The highest BCUT2D eigenvalue weighted by molar-refractivity contribution is 5.79. The molecule has 1 fully saturated rings. The molecule has 1 amide bonds. The van der Waals surface area contributed by atoms with Gasteiger partial charge in [0.25, 0.3) is 0 Å². The van der Waals surface area contributed by atoms with E-state index in [0.29, 0.717) is 13.2 Å². The summed E-state index contributed by atoms with van der Waals surface area (Å²) in [5, 5.41) is 6.14. The number of rotatable bonds is 5. The van der Waals surface area contributed by atoms with E-state index in [1.807, 2.05) is 7.05 Å². The summed E-state index contributed by atoms with van der Waals surface area (Å²) in [4.78, 5) is 11.9. The van der Waals surface area contributed by atoms with Gasteiger partial charge in [0.05, 0.1) is 19.1 Å². The van der Waals surface area contributed by atoms with E-state index in [1.54, 1.807) is 0 Å². The van der Waals surface area contributed by atoms with Gasteiger partial charge in [0, 0.05) is 12.6 Å². The normalized spacial score (nSPS) is 25.8. The number of hydrogen-bond donors (Lipinski definition) is 2. The van der Waals surface area contributed by atoms with Crippen molar-refractivity contribution in [1.29, 1.82) is 0 Å². The Kier molecular flexibility index (Phi) is 4.74. The minimum absolute atomic E-state index is 0.0438. The predicted molar refractivity (Wildman–Crippen MR) is 64.2 cm³/mol. The second-order valence-corrected chi connectivity index (χ2v) is 5.27. The predicted octanol–water partition coefficient (Wildman–Crippen LogP) is 0.773. The van der Waals surface area contributed by atoms with Crippen molar-refractivity contribution in [3.8, 4) is 0 Å². The van der Waals surface area contributed by atoms with Gasteiger partial charge in [-0.05, 0) is 18.9 Å². The summed E-state index contributed by atoms with van der Waals surface area (Å²) in [7, 11) is 1.87. The number of amides is 1. The summed E-state index contributed by atoms with van der Waals surface area (Å²) < 4.78 is 5.32. The highest BCUT2D eigenvalue weighted by atomic mass is 16.5. The lowest BCUT2D eigenvalue weighted by Gasteiger charge is -2.24. The highest BCUT2D eigenvalue weighted by Gasteiger charge is 2.33. The smallest absolute Gasteiger partial charge is 0.227 e. The van der Waals surface area contributed by atoms with Crippen LogP contribution in [0.3, 0.4) is 0 Å². The number of likely N-dealkylation sites (N-methyl/N-ethyl adjacent to an activating group) is 1. The highest BCUT2D eigenvalue weighted by Crippen LogP contribution is 2.19. The molecule has 1 aliphatic heterocycles. The molecular formula is C12H24N2O2. The Morgan fingerprint density at radius 2 is 2.12 bits per heavy atom. The molecule has 2 atom stereocenters. The van der Waals surface area contributed by atoms with Crippen LogP contribution in [0.15, 0.2) is 0 Å². The molecule has 2 unspecified atom stereocenters. The van der Waals surface area contributed by atoms with Crippen molar-refractivity contribution >= 4 is 5.91 Å². The Morgan fingerprint density at radius 3 is 2.69 bits per heavy atom. The Morgan fingerprint density at radius 1 is 1.44 bits per heavy atom. The fraction of sp³-hybridized carbons (Fsp3) is 0.917. The molecule has 0 aromatic rings. The zero-order chi connectivity index (χ0) is 12.2. The van der Waals surface area contributed by atoms with Crippen LogP contribution in [0.4, 0.5) is 0 Å². The van der Waals surface area contributed by atoms with E-state index in [0.717, 1.165) is 13.0 Å². The molecule has 0 saturated carbocycles. The molecule has 0 radical (unpaired) electrons. The largest absolute Gasteiger partial charge is 0.379 e. The van der Waals surface area contributed by atoms with Crippen molar-refractivity contribution in [3.05, 3.63) is 0 Å². The maximum Gasteiger partial charge on any atom is 0.227 e. The molecule has 94 valence electrons. The second-order valence-electron chi connectivity index (χ2n) is 5.27. The van der Waals surface area contributed by atoms with Gasteiger partial charge < -0.3 is 15.4 Å². The summed E-state index contributed by atoms with van der Waals surface area (Å²) in [6.07, 6.45) is 1.06. The van der Waals surface area contributed by atoms with E-state index >= 15 is 0 Å². The van der Waals surface area contributed by atoms with E-state index in [9.17, 15) is 4.79 Å². The minimum atomic E-state index is -0.0438. The van der Waals surface area contributed by atoms with Gasteiger partial charge in [-0.2, -0.15) is 0 Å². The average molecular weight is 228 g/mol. The Labute approximate surface area is 98.1 Å². The van der Waals surface area contributed by atoms with Gasteiger partial charge in [0.15, 0.2) is 0 Å². The van der Waals surface area contributed by atoms with E-state index in [-0.39, 0.29) is 23.3 Å². The van der Waals surface area contributed by atoms with Crippen LogP contribution in [0.25, 0.3) is 0 Å². The number of carbonyl (C=O) groups excluding carboxylic acids is 1. The summed E-state index contributed by atoms with van der Waals surface area (Å²) in [5.74, 6) is 0.0658. The lowest BCUT2D eigenvalue weighted by molar-refractivity contribution is -0.125. The summed E-state index contributed by atoms with van der Waals surface area (Å²) >= 11 is 0. The van der Waals surface area contributed by atoms with Crippen molar-refractivity contribution in [2.24, 2.45) is 11.3 Å². The van der Waals surface area contributed by atoms with Crippen LogP contribution in [-0.4, -0.2) is 38.8 Å². The van der Waals surface area contributed by atoms with Gasteiger partial charge in [-0.1, -0.05) is 20.8 Å². The Balaban J connectivity index is 2.40. The number of nitrogens with one attached hydrogen (secondary N) is 2. The molecule has 16 heavy (non-hydrogen) atoms. The molecule has 0 aromatic carbocycles. The van der Waals surface area contributed by atoms with Crippen LogP contribution in [0.1, 0.15) is 27.2 Å². The molecule has 1 saturated heterocycles. The third kappa shape index (κ3) is 3.46. The first-order valence-corrected chi connectivity index (χ1v) is 6.03. The summed E-state index contributed by atoms with van der Waals surface area (Å²) in [5.41, 5.74) is 0.171. The minimum Gasteiger partial charge on any atom is -0.379 e. The van der Waals surface area contributed by atoms with Crippen molar-refractivity contribution in [2.45, 2.75) is 33.2 Å². The van der Waals surface area contributed by atoms with Crippen molar-refractivity contribution in [3.63, 3.8) is 0 Å². The van der Waals surface area contributed by atoms with E-state index in [2.05, 4.69) is 31.4 Å². The Hall–Kier alpha value is -0.610. The van der Waals surface area contributed by atoms with Gasteiger partial charge in [0.1, 0.15) is 0 Å². The van der Waals surface area contributed by atoms with Crippen LogP contribution in [0.5, 0.6) is 0 Å². The monoisotopic (exact) mass is 228 g/mol. The molecule has 0 spiro atoms. The molecule has 4 heteroatoms. The van der Waals surface area contributed by atoms with E-state index in [1.165, 1.54) is 0 Å². The van der Waals surface area contributed by atoms with Gasteiger partial charge in [-0.25, -0.2) is 0 Å². The van der Waals surface area contributed by atoms with Crippen LogP contribution in [0, 0.1) is 11.3 Å². The molecule has 1 heterocycles. The van der Waals surface area contributed by atoms with Gasteiger partial charge in [-0.15, -0.1) is 0 Å². The van der Waals surface area contributed by atoms with Crippen molar-refractivity contribution < 1.29 is 9.53 Å². The maximum atomic E-state index is 11.9. The quantitative estimate of drug-likeness (QED) is 0.731. The van der Waals surface area contributed by atoms with Crippen LogP contribution >= 0.6 is 0 Å². The standard InChI is InChI=1S/C12H24N2O2/c1-5-12(2,3)8-14-11(15)9-6-16-7-10(9)13-4/h9-10,13H,5-8H2,1-4H3,(H,14,15). The maximum absolute atomic E-state index is 11.9. The number of hydrogen-bond acceptors (Lipinski definition) is 3. The molecule has 1 rings (SSSR count). The molecule has 0 aliphatic carbocycles. The Bertz CT molecular complexity index is 241. The van der Waals surface area contributed by atoms with E-state index in [4.69, 9.17) is 4.74 Å². The fourth-order valence-corrected chi connectivity index (χ4v) is 1.68. The number of ether oxygens (including phenoxy) is 1. The first-order valence-electron chi connectivity index (χ1n) is 6.03. The molecule has 2 N–H and O–H groups in total. The molecular weight excluding hydrogens is 204 g/mol. The lowest BCUT2D eigenvalue weighted by atomic mass is 9.90. The summed E-state index contributed by atoms with van der Waals surface area (Å²) in [6.45, 7) is 8.36. The molecule has 0 bridgehead atoms. The first-order chi connectivity index (χ1) is 7.50. The zero-order valence-electron chi connectivity index (χ0n) is 10.8. The first kappa shape index (κ1) is 13.5. The fourth-order valence-electron chi connectivity index (χ4n) is 1.68. The van der Waals surface area contributed by atoms with Crippen molar-refractivity contribution in [2.75, 3.05) is 26.8 Å². The lowest BCUT2D eigenvalue weighted by Crippen LogP contribution is -2.44. The third-order valence-corrected chi connectivity index (χ3v) is 3.49. The number of carbonyl (C=O) groups is 1. The van der Waals surface area contributed by atoms with Crippen LogP contribution < -0.4 is 10.6 Å². The molecule has 1 aliphatic rings. The van der Waals surface area contributed by atoms with Crippen molar-refractivity contribution in [1.82, 2.24) is 10.6 Å². The molecule has 0 aromatic heterocycles. The SMILES string of the molecule is CCC(C)(C)CNC(=O)C1COCC1NC. The van der Waals surface area contributed by atoms with E-state index < -0.39 is 0 Å². The summed E-state index contributed by atoms with van der Waals surface area (Å²) in [6, 6.07) is 0.157. The average Bonchev–Trinajstić information content (AvgIpc) is 2.74. The third-order valence-electron chi connectivity index (χ3n) is 3.49. The van der Waals surface area contributed by atoms with Gasteiger partial charge in [-0.3, -0.25) is 4.79 Å². The van der Waals surface area contributed by atoms with Gasteiger partial charge in [0.2, 0.25) is 5.91 Å².